The van der Waals surface area contributed by atoms with Gasteiger partial charge in [-0.25, -0.2) is 17.5 Å². The summed E-state index contributed by atoms with van der Waals surface area (Å²) < 4.78 is 40.1. The molecule has 0 radical (unpaired) electrons. The molecule has 0 fully saturated rings. The smallest absolute Gasteiger partial charge is 0.255 e. The molecule has 0 saturated carbocycles. The molecule has 0 bridgehead atoms. The zero-order chi connectivity index (χ0) is 17.7. The van der Waals surface area contributed by atoms with Crippen molar-refractivity contribution < 1.29 is 17.6 Å². The van der Waals surface area contributed by atoms with Gasteiger partial charge in [0.25, 0.3) is 5.91 Å². The van der Waals surface area contributed by atoms with Crippen LogP contribution in [0.15, 0.2) is 60.0 Å². The summed E-state index contributed by atoms with van der Waals surface area (Å²) in [5.74, 6) is -1.46. The van der Waals surface area contributed by atoms with E-state index in [2.05, 4.69) is 16.6 Å². The fraction of sp³-hybridized carbons (Fsp3) is 0.118. The molecule has 0 aliphatic carbocycles. The van der Waals surface area contributed by atoms with Crippen LogP contribution in [0.2, 0.25) is 0 Å². The maximum Gasteiger partial charge on any atom is 0.255 e. The maximum atomic E-state index is 13.9. The maximum absolute atomic E-state index is 13.9. The van der Waals surface area contributed by atoms with Gasteiger partial charge in [0.15, 0.2) is 0 Å². The van der Waals surface area contributed by atoms with Crippen LogP contribution in [0.25, 0.3) is 0 Å². The average Bonchev–Trinajstić information content (AvgIpc) is 2.55. The summed E-state index contributed by atoms with van der Waals surface area (Å²) in [6, 6.07) is 10.3. The highest BCUT2D eigenvalue weighted by Gasteiger charge is 2.20. The van der Waals surface area contributed by atoms with Crippen molar-refractivity contribution in [2.24, 2.45) is 0 Å². The van der Waals surface area contributed by atoms with Crippen LogP contribution in [-0.2, 0) is 10.0 Å². The molecule has 24 heavy (non-hydrogen) atoms. The quantitative estimate of drug-likeness (QED) is 0.788. The highest BCUT2D eigenvalue weighted by molar-refractivity contribution is 7.89. The lowest BCUT2D eigenvalue weighted by Crippen LogP contribution is -2.25. The molecular weight excluding hydrogens is 331 g/mol. The molecular formula is C17H17FN2O3S. The standard InChI is InChI=1S/C17H17FN2O3S/c1-3-10-19-24(22,23)16-11-13(6-9-15(16)18)17(21)20-14-7-4-12(2)5-8-14/h3-9,11,19H,1,10H2,2H3,(H,20,21). The number of aryl methyl sites for hydroxylation is 1. The second-order valence-electron chi connectivity index (χ2n) is 5.11. The number of nitrogens with one attached hydrogen (secondary N) is 2. The van der Waals surface area contributed by atoms with Crippen molar-refractivity contribution in [1.82, 2.24) is 4.72 Å². The monoisotopic (exact) mass is 348 g/mol. The molecule has 0 aliphatic heterocycles. The van der Waals surface area contributed by atoms with E-state index in [1.54, 1.807) is 12.1 Å². The number of rotatable bonds is 6. The lowest BCUT2D eigenvalue weighted by Gasteiger charge is -2.09. The first-order valence-corrected chi connectivity index (χ1v) is 8.60. The Bertz CT molecular complexity index is 862. The summed E-state index contributed by atoms with van der Waals surface area (Å²) in [6.07, 6.45) is 1.34. The fourth-order valence-electron chi connectivity index (χ4n) is 1.94. The van der Waals surface area contributed by atoms with Gasteiger partial charge >= 0.3 is 0 Å². The van der Waals surface area contributed by atoms with E-state index in [4.69, 9.17) is 0 Å². The molecule has 0 unspecified atom stereocenters. The minimum absolute atomic E-state index is 0.0379. The third-order valence-electron chi connectivity index (χ3n) is 3.21. The van der Waals surface area contributed by atoms with E-state index in [1.807, 2.05) is 19.1 Å². The fourth-order valence-corrected chi connectivity index (χ4v) is 3.04. The van der Waals surface area contributed by atoms with Gasteiger partial charge < -0.3 is 5.32 Å². The van der Waals surface area contributed by atoms with Gasteiger partial charge in [-0.2, -0.15) is 0 Å². The molecule has 0 aromatic heterocycles. The van der Waals surface area contributed by atoms with Crippen LogP contribution in [0.5, 0.6) is 0 Å². The summed E-state index contributed by atoms with van der Waals surface area (Å²) in [5, 5.41) is 2.63. The summed E-state index contributed by atoms with van der Waals surface area (Å²) in [7, 11) is -4.06. The number of benzene rings is 2. The van der Waals surface area contributed by atoms with Gasteiger partial charge in [-0.15, -0.1) is 6.58 Å². The predicted molar refractivity (Wildman–Crippen MR) is 90.9 cm³/mol. The molecule has 2 aromatic carbocycles. The largest absolute Gasteiger partial charge is 0.322 e. The van der Waals surface area contributed by atoms with Crippen LogP contribution in [0, 0.1) is 12.7 Å². The lowest BCUT2D eigenvalue weighted by molar-refractivity contribution is 0.102. The Morgan fingerprint density at radius 1 is 1.21 bits per heavy atom. The first-order valence-electron chi connectivity index (χ1n) is 7.11. The van der Waals surface area contributed by atoms with E-state index >= 15 is 0 Å². The Morgan fingerprint density at radius 3 is 2.50 bits per heavy atom. The number of anilines is 1. The number of carbonyl (C=O) groups excluding carboxylic acids is 1. The summed E-state index contributed by atoms with van der Waals surface area (Å²) in [5.41, 5.74) is 1.64. The molecule has 126 valence electrons. The first kappa shape index (κ1) is 17.8. The van der Waals surface area contributed by atoms with E-state index in [-0.39, 0.29) is 12.1 Å². The average molecular weight is 348 g/mol. The van der Waals surface area contributed by atoms with Gasteiger partial charge in [0, 0.05) is 17.8 Å². The molecule has 0 saturated heterocycles. The molecule has 1 amide bonds. The van der Waals surface area contributed by atoms with Crippen LogP contribution in [0.4, 0.5) is 10.1 Å². The van der Waals surface area contributed by atoms with Crippen molar-refractivity contribution in [2.45, 2.75) is 11.8 Å². The normalized spacial score (nSPS) is 11.1. The highest BCUT2D eigenvalue weighted by atomic mass is 32.2. The van der Waals surface area contributed by atoms with Gasteiger partial charge in [-0.1, -0.05) is 23.8 Å². The summed E-state index contributed by atoms with van der Waals surface area (Å²) >= 11 is 0. The minimum atomic E-state index is -4.06. The highest BCUT2D eigenvalue weighted by Crippen LogP contribution is 2.18. The van der Waals surface area contributed by atoms with Gasteiger partial charge in [-0.3, -0.25) is 4.79 Å². The van der Waals surface area contributed by atoms with Crippen molar-refractivity contribution in [3.05, 3.63) is 72.1 Å². The number of hydrogen-bond donors (Lipinski definition) is 2. The topological polar surface area (TPSA) is 75.3 Å². The van der Waals surface area contributed by atoms with Crippen molar-refractivity contribution >= 4 is 21.6 Å². The van der Waals surface area contributed by atoms with Gasteiger partial charge in [0.05, 0.1) is 0 Å². The van der Waals surface area contributed by atoms with Crippen molar-refractivity contribution in [2.75, 3.05) is 11.9 Å². The Balaban J connectivity index is 2.28. The third kappa shape index (κ3) is 4.27. The number of hydrogen-bond acceptors (Lipinski definition) is 3. The zero-order valence-corrected chi connectivity index (χ0v) is 13.9. The van der Waals surface area contributed by atoms with Gasteiger partial charge in [-0.05, 0) is 37.3 Å². The Morgan fingerprint density at radius 2 is 1.88 bits per heavy atom. The van der Waals surface area contributed by atoms with E-state index in [0.717, 1.165) is 17.7 Å². The SMILES string of the molecule is C=CCNS(=O)(=O)c1cc(C(=O)Nc2ccc(C)cc2)ccc1F. The van der Waals surface area contributed by atoms with Crippen molar-refractivity contribution in [3.8, 4) is 0 Å². The van der Waals surface area contributed by atoms with Crippen molar-refractivity contribution in [1.29, 1.82) is 0 Å². The molecule has 2 N–H and O–H groups in total. The molecule has 0 atom stereocenters. The van der Waals surface area contributed by atoms with E-state index < -0.39 is 26.6 Å². The molecule has 0 spiro atoms. The summed E-state index contributed by atoms with van der Waals surface area (Å²) in [4.78, 5) is 11.7. The van der Waals surface area contributed by atoms with Crippen LogP contribution in [0.3, 0.4) is 0 Å². The Labute approximate surface area is 140 Å². The van der Waals surface area contributed by atoms with Gasteiger partial charge in [0.1, 0.15) is 10.7 Å². The Hall–Kier alpha value is -2.51. The zero-order valence-electron chi connectivity index (χ0n) is 13.0. The lowest BCUT2D eigenvalue weighted by atomic mass is 10.2. The Kier molecular flexibility index (Phi) is 5.48. The predicted octanol–water partition coefficient (Wildman–Crippen LogP) is 2.85. The molecule has 5 nitrogen and oxygen atoms in total. The van der Waals surface area contributed by atoms with E-state index in [1.165, 1.54) is 12.1 Å². The minimum Gasteiger partial charge on any atom is -0.322 e. The first-order chi connectivity index (χ1) is 11.3. The number of sulfonamides is 1. The molecule has 2 aromatic rings. The van der Waals surface area contributed by atoms with E-state index in [0.29, 0.717) is 5.69 Å². The molecule has 7 heteroatoms. The summed E-state index contributed by atoms with van der Waals surface area (Å²) in [6.45, 7) is 5.27. The van der Waals surface area contributed by atoms with Crippen molar-refractivity contribution in [3.63, 3.8) is 0 Å². The van der Waals surface area contributed by atoms with Crippen LogP contribution >= 0.6 is 0 Å². The van der Waals surface area contributed by atoms with Crippen LogP contribution < -0.4 is 10.0 Å². The third-order valence-corrected chi connectivity index (χ3v) is 4.65. The molecule has 0 aliphatic rings. The number of carbonyl (C=O) groups is 1. The van der Waals surface area contributed by atoms with E-state index in [9.17, 15) is 17.6 Å². The van der Waals surface area contributed by atoms with Crippen LogP contribution in [0.1, 0.15) is 15.9 Å². The molecule has 2 rings (SSSR count). The second-order valence-corrected chi connectivity index (χ2v) is 6.84. The number of halogens is 1. The van der Waals surface area contributed by atoms with Crippen LogP contribution in [-0.4, -0.2) is 20.9 Å². The van der Waals surface area contributed by atoms with Gasteiger partial charge in [0.2, 0.25) is 10.0 Å². The second kappa shape index (κ2) is 7.37. The number of amides is 1. The molecule has 0 heterocycles.